The highest BCUT2D eigenvalue weighted by molar-refractivity contribution is 7.92. The molecule has 7 nitrogen and oxygen atoms in total. The fraction of sp³-hybridized carbons (Fsp3) is 0.556. The molecule has 2 heterocycles. The Morgan fingerprint density at radius 1 is 1.15 bits per heavy atom. The van der Waals surface area contributed by atoms with Crippen LogP contribution in [0, 0.1) is 20.9 Å². The molecule has 1 aromatic carbocycles. The van der Waals surface area contributed by atoms with Gasteiger partial charge in [-0.3, -0.25) is 9.56 Å². The molecule has 1 aromatic heterocycles. The van der Waals surface area contributed by atoms with Gasteiger partial charge in [-0.05, 0) is 24.8 Å². The Labute approximate surface area is 154 Å². The minimum absolute atomic E-state index is 0.364. The van der Waals surface area contributed by atoms with Crippen LogP contribution >= 0.6 is 0 Å². The van der Waals surface area contributed by atoms with E-state index in [-0.39, 0.29) is 0 Å². The lowest BCUT2D eigenvalue weighted by atomic mass is 9.58. The molecule has 1 saturated carbocycles. The number of nitrogens with one attached hydrogen (secondary N) is 2. The molecular formula is C18H25N5O2S. The molecule has 26 heavy (non-hydrogen) atoms. The zero-order chi connectivity index (χ0) is 18.5. The molecule has 1 spiro atoms. The molecule has 2 N–H and O–H groups in total. The van der Waals surface area contributed by atoms with Crippen molar-refractivity contribution in [3.8, 4) is 11.5 Å². The molecule has 1 saturated heterocycles. The summed E-state index contributed by atoms with van der Waals surface area (Å²) < 4.78 is 26.5. The molecule has 8 heteroatoms. The number of hydrogen-bond acceptors (Lipinski definition) is 7. The van der Waals surface area contributed by atoms with Crippen molar-refractivity contribution in [2.75, 3.05) is 44.2 Å². The van der Waals surface area contributed by atoms with Gasteiger partial charge in [0.2, 0.25) is 0 Å². The van der Waals surface area contributed by atoms with Crippen LogP contribution in [-0.2, 0) is 9.62 Å². The number of ether oxygens (including phenoxy) is 2. The fourth-order valence-electron chi connectivity index (χ4n) is 4.55. The Kier molecular flexibility index (Phi) is 3.98. The van der Waals surface area contributed by atoms with E-state index in [4.69, 9.17) is 19.0 Å². The number of benzene rings is 1. The number of hydrogen-bond donors (Lipinski definition) is 2. The molecule has 1 aliphatic heterocycles. The van der Waals surface area contributed by atoms with Gasteiger partial charge in [0.1, 0.15) is 12.1 Å². The van der Waals surface area contributed by atoms with E-state index in [9.17, 15) is 0 Å². The van der Waals surface area contributed by atoms with Crippen LogP contribution in [0.2, 0.25) is 0 Å². The summed E-state index contributed by atoms with van der Waals surface area (Å²) in [6, 6.07) is 3.84. The quantitative estimate of drug-likeness (QED) is 0.837. The van der Waals surface area contributed by atoms with Crippen LogP contribution < -0.4 is 14.4 Å². The van der Waals surface area contributed by atoms with Gasteiger partial charge in [-0.25, -0.2) is 9.97 Å². The summed E-state index contributed by atoms with van der Waals surface area (Å²) in [6.07, 6.45) is 5.65. The maximum Gasteiger partial charge on any atom is 0.162 e. The molecule has 140 valence electrons. The highest BCUT2D eigenvalue weighted by Gasteiger charge is 2.52. The van der Waals surface area contributed by atoms with Crippen LogP contribution in [0.25, 0.3) is 10.9 Å². The van der Waals surface area contributed by atoms with Crippen molar-refractivity contribution in [2.45, 2.75) is 12.8 Å². The van der Waals surface area contributed by atoms with E-state index in [0.717, 1.165) is 48.4 Å². The standard InChI is InChI=1S/C18H25N5O2S/c1-24-15-4-13-14(5-16(15)25-2)21-11-22-17(13)23-9-18(10-23)6-12(7-18)8-26(3,19)20/h4-5,11-12,19-20H,6-10H2,1-3H3. The van der Waals surface area contributed by atoms with E-state index in [1.54, 1.807) is 26.8 Å². The second kappa shape index (κ2) is 5.97. The first-order valence-electron chi connectivity index (χ1n) is 8.69. The van der Waals surface area contributed by atoms with E-state index in [2.05, 4.69) is 14.9 Å². The second-order valence-electron chi connectivity index (χ2n) is 7.81. The number of aromatic nitrogens is 2. The number of fused-ring (bicyclic) bond motifs is 1. The Morgan fingerprint density at radius 2 is 1.81 bits per heavy atom. The Bertz CT molecular complexity index is 945. The maximum absolute atomic E-state index is 7.84. The van der Waals surface area contributed by atoms with Crippen molar-refractivity contribution in [3.05, 3.63) is 18.5 Å². The molecule has 0 atom stereocenters. The average molecular weight is 375 g/mol. The molecule has 0 bridgehead atoms. The van der Waals surface area contributed by atoms with Crippen molar-refractivity contribution in [1.82, 2.24) is 9.97 Å². The fourth-order valence-corrected chi connectivity index (χ4v) is 5.73. The van der Waals surface area contributed by atoms with Crippen LogP contribution in [0.15, 0.2) is 18.5 Å². The lowest BCUT2D eigenvalue weighted by molar-refractivity contribution is 0.0355. The van der Waals surface area contributed by atoms with Crippen LogP contribution in [0.1, 0.15) is 12.8 Å². The molecular weight excluding hydrogens is 350 g/mol. The molecule has 4 rings (SSSR count). The van der Waals surface area contributed by atoms with Gasteiger partial charge < -0.3 is 14.4 Å². The van der Waals surface area contributed by atoms with Gasteiger partial charge in [-0.1, -0.05) is 9.62 Å². The van der Waals surface area contributed by atoms with Gasteiger partial charge in [0, 0.05) is 42.0 Å². The highest BCUT2D eigenvalue weighted by atomic mass is 32.2. The number of anilines is 1. The number of methoxy groups -OCH3 is 2. The minimum atomic E-state index is -1.89. The van der Waals surface area contributed by atoms with Crippen molar-refractivity contribution >= 4 is 26.3 Å². The van der Waals surface area contributed by atoms with Gasteiger partial charge >= 0.3 is 0 Å². The molecule has 1 aliphatic carbocycles. The summed E-state index contributed by atoms with van der Waals surface area (Å²) in [4.78, 5) is 11.2. The van der Waals surface area contributed by atoms with E-state index in [1.165, 1.54) is 0 Å². The first-order chi connectivity index (χ1) is 12.3. The van der Waals surface area contributed by atoms with E-state index in [0.29, 0.717) is 22.8 Å². The van der Waals surface area contributed by atoms with Crippen LogP contribution in [0.4, 0.5) is 5.82 Å². The van der Waals surface area contributed by atoms with Gasteiger partial charge in [0.15, 0.2) is 11.5 Å². The van der Waals surface area contributed by atoms with Crippen LogP contribution in [-0.4, -0.2) is 49.3 Å². The van der Waals surface area contributed by atoms with Crippen molar-refractivity contribution in [3.63, 3.8) is 0 Å². The average Bonchev–Trinajstić information content (AvgIpc) is 2.53. The predicted molar refractivity (Wildman–Crippen MR) is 104 cm³/mol. The molecule has 2 aromatic rings. The largest absolute Gasteiger partial charge is 0.493 e. The molecule has 0 unspecified atom stereocenters. The Balaban J connectivity index is 1.53. The topological polar surface area (TPSA) is 95.2 Å². The van der Waals surface area contributed by atoms with E-state index in [1.807, 2.05) is 12.1 Å². The summed E-state index contributed by atoms with van der Waals surface area (Å²) >= 11 is 0. The van der Waals surface area contributed by atoms with Gasteiger partial charge in [-0.15, -0.1) is 0 Å². The molecule has 2 fully saturated rings. The van der Waals surface area contributed by atoms with Gasteiger partial charge in [0.05, 0.1) is 19.7 Å². The second-order valence-corrected chi connectivity index (χ2v) is 10.3. The molecule has 0 amide bonds. The zero-order valence-electron chi connectivity index (χ0n) is 15.4. The Morgan fingerprint density at radius 3 is 2.42 bits per heavy atom. The predicted octanol–water partition coefficient (Wildman–Crippen LogP) is 3.17. The highest BCUT2D eigenvalue weighted by Crippen LogP contribution is 2.53. The first kappa shape index (κ1) is 17.3. The van der Waals surface area contributed by atoms with Gasteiger partial charge in [-0.2, -0.15) is 0 Å². The normalized spacial score (nSPS) is 19.3. The summed E-state index contributed by atoms with van der Waals surface area (Å²) in [7, 11) is 1.37. The van der Waals surface area contributed by atoms with Crippen LogP contribution in [0.3, 0.4) is 0 Å². The third kappa shape index (κ3) is 2.96. The third-order valence-corrected chi connectivity index (χ3v) is 6.62. The van der Waals surface area contributed by atoms with Crippen LogP contribution in [0.5, 0.6) is 11.5 Å². The monoisotopic (exact) mass is 375 g/mol. The number of nitrogens with zero attached hydrogens (tertiary/aromatic N) is 3. The molecule has 2 aliphatic rings. The van der Waals surface area contributed by atoms with Crippen molar-refractivity contribution < 1.29 is 9.47 Å². The van der Waals surface area contributed by atoms with E-state index < -0.39 is 9.62 Å². The summed E-state index contributed by atoms with van der Waals surface area (Å²) in [5.74, 6) is 3.61. The lowest BCUT2D eigenvalue weighted by Crippen LogP contribution is -2.63. The van der Waals surface area contributed by atoms with Crippen molar-refractivity contribution in [2.24, 2.45) is 11.3 Å². The van der Waals surface area contributed by atoms with Gasteiger partial charge in [0.25, 0.3) is 0 Å². The van der Waals surface area contributed by atoms with Crippen molar-refractivity contribution in [1.29, 1.82) is 9.56 Å². The van der Waals surface area contributed by atoms with E-state index >= 15 is 0 Å². The number of rotatable bonds is 5. The minimum Gasteiger partial charge on any atom is -0.493 e. The molecule has 0 radical (unpaired) electrons. The third-order valence-electron chi connectivity index (χ3n) is 5.48. The zero-order valence-corrected chi connectivity index (χ0v) is 16.2. The lowest BCUT2D eigenvalue weighted by Gasteiger charge is -2.59. The maximum atomic E-state index is 7.84. The summed E-state index contributed by atoms with van der Waals surface area (Å²) in [6.45, 7) is 1.98. The summed E-state index contributed by atoms with van der Waals surface area (Å²) in [5.41, 5.74) is 1.21. The Hall–Kier alpha value is -2.09. The smallest absolute Gasteiger partial charge is 0.162 e. The SMILES string of the molecule is COc1cc2ncnc(N3CC4(CC(CS(C)(=N)=N)C4)C3)c2cc1OC. The summed E-state index contributed by atoms with van der Waals surface area (Å²) in [5, 5.41) is 0.977. The first-order valence-corrected chi connectivity index (χ1v) is 10.9.